The summed E-state index contributed by atoms with van der Waals surface area (Å²) in [5, 5.41) is 0. The van der Waals surface area contributed by atoms with Gasteiger partial charge in [0.2, 0.25) is 0 Å². The maximum Gasteiger partial charge on any atom is 0.416 e. The predicted molar refractivity (Wildman–Crippen MR) is 120 cm³/mol. The van der Waals surface area contributed by atoms with E-state index in [-0.39, 0.29) is 0 Å². The Balaban J connectivity index is 1.75. The molecule has 0 aliphatic rings. The molecule has 0 unspecified atom stereocenters. The lowest BCUT2D eigenvalue weighted by Crippen LogP contribution is -2.18. The van der Waals surface area contributed by atoms with Crippen molar-refractivity contribution in [2.75, 3.05) is 7.05 Å². The monoisotopic (exact) mass is 426 g/mol. The third-order valence-electron chi connectivity index (χ3n) is 5.62. The molecule has 0 aliphatic heterocycles. The minimum atomic E-state index is -4.30. The molecule has 0 saturated carbocycles. The van der Waals surface area contributed by atoms with Crippen molar-refractivity contribution in [2.24, 2.45) is 0 Å². The lowest BCUT2D eigenvalue weighted by molar-refractivity contribution is -0.137. The van der Waals surface area contributed by atoms with Crippen LogP contribution in [0.2, 0.25) is 0 Å². The van der Waals surface area contributed by atoms with Crippen LogP contribution in [0.25, 0.3) is 11.3 Å². The van der Waals surface area contributed by atoms with Gasteiger partial charge in [0.1, 0.15) is 0 Å². The highest BCUT2D eigenvalue weighted by Gasteiger charge is 2.29. The number of alkyl halides is 3. The average molecular weight is 427 g/mol. The number of aromatic nitrogens is 1. The Morgan fingerprint density at radius 3 is 1.94 bits per heavy atom. The van der Waals surface area contributed by atoms with Gasteiger partial charge in [-0.25, -0.2) is 0 Å². The molecule has 0 atom stereocenters. The van der Waals surface area contributed by atoms with Crippen molar-refractivity contribution in [1.82, 2.24) is 9.88 Å². The molecule has 164 valence electrons. The second-order valence-electron chi connectivity index (χ2n) is 7.97. The lowest BCUT2D eigenvalue weighted by Gasteiger charge is -2.19. The first kappa shape index (κ1) is 23.0. The molecule has 0 N–H and O–H groups in total. The van der Waals surface area contributed by atoms with Crippen LogP contribution in [0.1, 0.15) is 47.4 Å². The third-order valence-corrected chi connectivity index (χ3v) is 5.62. The molecule has 1 heterocycles. The first-order valence-electron chi connectivity index (χ1n) is 10.6. The highest BCUT2D eigenvalue weighted by atomic mass is 19.4. The van der Waals surface area contributed by atoms with Crippen LogP contribution < -0.4 is 0 Å². The van der Waals surface area contributed by atoms with Gasteiger partial charge in [-0.05, 0) is 67.3 Å². The smallest absolute Gasteiger partial charge is 0.298 e. The topological polar surface area (TPSA) is 16.1 Å². The summed E-state index contributed by atoms with van der Waals surface area (Å²) < 4.78 is 38.2. The average Bonchev–Trinajstić information content (AvgIpc) is 2.74. The number of benzene rings is 2. The quantitative estimate of drug-likeness (QED) is 0.411. The van der Waals surface area contributed by atoms with E-state index in [9.17, 15) is 13.2 Å². The summed E-state index contributed by atoms with van der Waals surface area (Å²) in [6.45, 7) is 7.59. The number of rotatable bonds is 7. The first-order valence-corrected chi connectivity index (χ1v) is 10.6. The Kier molecular flexibility index (Phi) is 7.16. The number of aryl methyl sites for hydroxylation is 3. The fourth-order valence-corrected chi connectivity index (χ4v) is 3.93. The van der Waals surface area contributed by atoms with Crippen LogP contribution in [0.4, 0.5) is 13.2 Å². The van der Waals surface area contributed by atoms with Crippen molar-refractivity contribution in [2.45, 2.75) is 52.9 Å². The number of pyridine rings is 1. The molecule has 0 fully saturated rings. The molecule has 3 aromatic rings. The molecule has 2 aromatic carbocycles. The highest BCUT2D eigenvalue weighted by Crippen LogP contribution is 2.30. The molecular formula is C26H29F3N2. The van der Waals surface area contributed by atoms with Gasteiger partial charge in [0.05, 0.1) is 11.3 Å². The molecule has 1 aromatic heterocycles. The fourth-order valence-electron chi connectivity index (χ4n) is 3.93. The molecular weight excluding hydrogens is 397 g/mol. The summed E-state index contributed by atoms with van der Waals surface area (Å²) in [5.41, 5.74) is 7.17. The summed E-state index contributed by atoms with van der Waals surface area (Å²) in [7, 11) is 1.96. The minimum absolute atomic E-state index is 0.567. The standard InChI is InChI=1S/C26H29F3N2/c1-5-20-8-7-9-21(6-2)25(20)24-15-12-22(18(3)30-24)17-31(4)16-19-10-13-23(14-11-19)26(27,28)29/h7-15H,5-6,16-17H2,1-4H3. The Morgan fingerprint density at radius 2 is 1.42 bits per heavy atom. The molecule has 0 bridgehead atoms. The summed E-state index contributed by atoms with van der Waals surface area (Å²) >= 11 is 0. The van der Waals surface area contributed by atoms with Crippen molar-refractivity contribution in [3.8, 4) is 11.3 Å². The zero-order valence-corrected chi connectivity index (χ0v) is 18.6. The van der Waals surface area contributed by atoms with Crippen molar-refractivity contribution in [3.05, 3.63) is 88.1 Å². The second kappa shape index (κ2) is 9.65. The Morgan fingerprint density at radius 1 is 0.806 bits per heavy atom. The zero-order valence-electron chi connectivity index (χ0n) is 18.6. The second-order valence-corrected chi connectivity index (χ2v) is 7.97. The van der Waals surface area contributed by atoms with Crippen molar-refractivity contribution in [3.63, 3.8) is 0 Å². The molecule has 31 heavy (non-hydrogen) atoms. The van der Waals surface area contributed by atoms with Crippen LogP contribution in [0.5, 0.6) is 0 Å². The van der Waals surface area contributed by atoms with Gasteiger partial charge in [-0.3, -0.25) is 9.88 Å². The summed E-state index contributed by atoms with van der Waals surface area (Å²) in [5.74, 6) is 0. The largest absolute Gasteiger partial charge is 0.416 e. The van der Waals surface area contributed by atoms with Gasteiger partial charge >= 0.3 is 6.18 Å². The third kappa shape index (κ3) is 5.53. The van der Waals surface area contributed by atoms with E-state index in [1.165, 1.54) is 16.7 Å². The van der Waals surface area contributed by atoms with Crippen LogP contribution in [-0.4, -0.2) is 16.9 Å². The number of nitrogens with zero attached hydrogens (tertiary/aromatic N) is 2. The van der Waals surface area contributed by atoms with Crippen LogP contribution in [-0.2, 0) is 32.1 Å². The van der Waals surface area contributed by atoms with E-state index in [4.69, 9.17) is 4.98 Å². The minimum Gasteiger partial charge on any atom is -0.298 e. The molecule has 0 saturated heterocycles. The predicted octanol–water partition coefficient (Wildman–Crippen LogP) is 6.83. The van der Waals surface area contributed by atoms with Crippen LogP contribution in [0.3, 0.4) is 0 Å². The van der Waals surface area contributed by atoms with Crippen molar-refractivity contribution < 1.29 is 13.2 Å². The van der Waals surface area contributed by atoms with E-state index >= 15 is 0 Å². The molecule has 3 rings (SSSR count). The zero-order chi connectivity index (χ0) is 22.6. The Labute approximate surface area is 182 Å². The van der Waals surface area contributed by atoms with Crippen LogP contribution in [0.15, 0.2) is 54.6 Å². The molecule has 0 aliphatic carbocycles. The van der Waals surface area contributed by atoms with Crippen molar-refractivity contribution in [1.29, 1.82) is 0 Å². The first-order chi connectivity index (χ1) is 14.7. The van der Waals surface area contributed by atoms with E-state index in [1.807, 2.05) is 14.0 Å². The Bertz CT molecular complexity index is 1000. The van der Waals surface area contributed by atoms with Gasteiger partial charge in [-0.2, -0.15) is 13.2 Å². The summed E-state index contributed by atoms with van der Waals surface area (Å²) in [6, 6.07) is 16.0. The lowest BCUT2D eigenvalue weighted by atomic mass is 9.94. The normalized spacial score (nSPS) is 11.9. The molecule has 0 radical (unpaired) electrons. The summed E-state index contributed by atoms with van der Waals surface area (Å²) in [6.07, 6.45) is -2.38. The van der Waals surface area contributed by atoms with Crippen LogP contribution in [0, 0.1) is 6.92 Å². The SMILES string of the molecule is CCc1cccc(CC)c1-c1ccc(CN(C)Cc2ccc(C(F)(F)F)cc2)c(C)n1. The molecule has 0 spiro atoms. The van der Waals surface area contributed by atoms with Gasteiger partial charge in [-0.1, -0.05) is 50.2 Å². The number of hydrogen-bond donors (Lipinski definition) is 0. The highest BCUT2D eigenvalue weighted by molar-refractivity contribution is 5.68. The maximum atomic E-state index is 12.7. The number of hydrogen-bond acceptors (Lipinski definition) is 2. The Hall–Kier alpha value is -2.66. The van der Waals surface area contributed by atoms with E-state index in [0.717, 1.165) is 47.5 Å². The summed E-state index contributed by atoms with van der Waals surface area (Å²) in [4.78, 5) is 6.99. The molecule has 2 nitrogen and oxygen atoms in total. The molecule has 0 amide bonds. The van der Waals surface area contributed by atoms with E-state index in [1.54, 1.807) is 12.1 Å². The van der Waals surface area contributed by atoms with E-state index < -0.39 is 11.7 Å². The van der Waals surface area contributed by atoms with E-state index in [0.29, 0.717) is 13.1 Å². The fraction of sp³-hybridized carbons (Fsp3) is 0.346. The van der Waals surface area contributed by atoms with Gasteiger partial charge < -0.3 is 0 Å². The van der Waals surface area contributed by atoms with Crippen LogP contribution >= 0.6 is 0 Å². The van der Waals surface area contributed by atoms with Gasteiger partial charge in [0.15, 0.2) is 0 Å². The van der Waals surface area contributed by atoms with Crippen molar-refractivity contribution >= 4 is 0 Å². The van der Waals surface area contributed by atoms with Gasteiger partial charge in [0.25, 0.3) is 0 Å². The van der Waals surface area contributed by atoms with Gasteiger partial charge in [0, 0.05) is 24.3 Å². The maximum absolute atomic E-state index is 12.7. The van der Waals surface area contributed by atoms with E-state index in [2.05, 4.69) is 49.1 Å². The van der Waals surface area contributed by atoms with Gasteiger partial charge in [-0.15, -0.1) is 0 Å². The molecule has 5 heteroatoms. The number of halogens is 3.